The largest absolute Gasteiger partial charge is 0.369 e. The molecule has 1 fully saturated rings. The Morgan fingerprint density at radius 3 is 2.42 bits per heavy atom. The summed E-state index contributed by atoms with van der Waals surface area (Å²) in [6.07, 6.45) is 1.44. The normalized spacial score (nSPS) is 18.7. The minimum Gasteiger partial charge on any atom is -0.369 e. The SMILES string of the molecule is CN1CCN(c2ccc(C(=O)/C=C3\C(=O)Nc4ccccc43)cc2)CC1. The van der Waals surface area contributed by atoms with Crippen LogP contribution in [0, 0.1) is 0 Å². The van der Waals surface area contributed by atoms with Gasteiger partial charge in [-0.3, -0.25) is 9.59 Å². The maximum Gasteiger partial charge on any atom is 0.256 e. The van der Waals surface area contributed by atoms with Crippen LogP contribution >= 0.6 is 0 Å². The molecule has 0 atom stereocenters. The van der Waals surface area contributed by atoms with Crippen molar-refractivity contribution in [1.82, 2.24) is 4.90 Å². The van der Waals surface area contributed by atoms with Gasteiger partial charge in [0.05, 0.1) is 5.57 Å². The Labute approximate surface area is 152 Å². The number of anilines is 2. The molecule has 1 saturated heterocycles. The Bertz CT molecular complexity index is 878. The fourth-order valence-electron chi connectivity index (χ4n) is 3.40. The Balaban J connectivity index is 1.53. The molecule has 0 aromatic heterocycles. The zero-order chi connectivity index (χ0) is 18.1. The molecule has 0 aliphatic carbocycles. The van der Waals surface area contributed by atoms with E-state index in [0.717, 1.165) is 43.1 Å². The number of fused-ring (bicyclic) bond motifs is 1. The molecular weight excluding hydrogens is 326 g/mol. The lowest BCUT2D eigenvalue weighted by Gasteiger charge is -2.34. The van der Waals surface area contributed by atoms with Crippen molar-refractivity contribution >= 4 is 28.6 Å². The standard InChI is InChI=1S/C21H21N3O2/c1-23-10-12-24(13-11-23)16-8-6-15(7-9-16)20(25)14-18-17-4-2-3-5-19(17)22-21(18)26/h2-9,14H,10-13H2,1H3,(H,22,26)/b18-14-. The van der Waals surface area contributed by atoms with Gasteiger partial charge in [-0.2, -0.15) is 0 Å². The number of rotatable bonds is 3. The minimum atomic E-state index is -0.228. The third-order valence-electron chi connectivity index (χ3n) is 5.01. The molecular formula is C21H21N3O2. The van der Waals surface area contributed by atoms with Gasteiger partial charge in [0.15, 0.2) is 5.78 Å². The van der Waals surface area contributed by atoms with E-state index >= 15 is 0 Å². The van der Waals surface area contributed by atoms with Gasteiger partial charge in [0.25, 0.3) is 5.91 Å². The molecule has 2 aromatic carbocycles. The highest BCUT2D eigenvalue weighted by Crippen LogP contribution is 2.31. The second kappa shape index (κ2) is 6.77. The third kappa shape index (κ3) is 3.13. The minimum absolute atomic E-state index is 0.156. The molecule has 0 unspecified atom stereocenters. The zero-order valence-electron chi connectivity index (χ0n) is 14.7. The summed E-state index contributed by atoms with van der Waals surface area (Å²) in [5.74, 6) is -0.384. The van der Waals surface area contributed by atoms with Crippen LogP contribution < -0.4 is 10.2 Å². The molecule has 0 spiro atoms. The quantitative estimate of drug-likeness (QED) is 0.685. The summed E-state index contributed by atoms with van der Waals surface area (Å²) in [4.78, 5) is 29.4. The number of ketones is 1. The topological polar surface area (TPSA) is 52.7 Å². The second-order valence-corrected chi connectivity index (χ2v) is 6.76. The van der Waals surface area contributed by atoms with E-state index in [9.17, 15) is 9.59 Å². The average molecular weight is 347 g/mol. The number of hydrogen-bond donors (Lipinski definition) is 1. The van der Waals surface area contributed by atoms with Crippen molar-refractivity contribution < 1.29 is 9.59 Å². The van der Waals surface area contributed by atoms with Gasteiger partial charge in [0.1, 0.15) is 0 Å². The van der Waals surface area contributed by atoms with Gasteiger partial charge in [-0.25, -0.2) is 0 Å². The summed E-state index contributed by atoms with van der Waals surface area (Å²) in [5, 5.41) is 2.79. The Morgan fingerprint density at radius 1 is 1.00 bits per heavy atom. The van der Waals surface area contributed by atoms with E-state index in [-0.39, 0.29) is 11.7 Å². The molecule has 5 nitrogen and oxygen atoms in total. The molecule has 132 valence electrons. The molecule has 2 heterocycles. The van der Waals surface area contributed by atoms with E-state index in [1.54, 1.807) is 0 Å². The van der Waals surface area contributed by atoms with Crippen molar-refractivity contribution in [3.8, 4) is 0 Å². The van der Waals surface area contributed by atoms with Crippen LogP contribution in [0.1, 0.15) is 15.9 Å². The molecule has 4 rings (SSSR count). The first kappa shape index (κ1) is 16.5. The molecule has 26 heavy (non-hydrogen) atoms. The Kier molecular flexibility index (Phi) is 4.31. The van der Waals surface area contributed by atoms with Gasteiger partial charge in [-0.05, 0) is 43.5 Å². The number of carbonyl (C=O) groups is 2. The number of allylic oxidation sites excluding steroid dienone is 1. The molecule has 0 radical (unpaired) electrons. The second-order valence-electron chi connectivity index (χ2n) is 6.76. The molecule has 0 bridgehead atoms. The van der Waals surface area contributed by atoms with E-state index in [0.29, 0.717) is 11.1 Å². The molecule has 1 amide bonds. The van der Waals surface area contributed by atoms with Gasteiger partial charge < -0.3 is 15.1 Å². The van der Waals surface area contributed by atoms with Crippen LogP contribution in [0.2, 0.25) is 0 Å². The van der Waals surface area contributed by atoms with Gasteiger partial charge in [-0.15, -0.1) is 0 Å². The van der Waals surface area contributed by atoms with E-state index in [1.807, 2.05) is 48.5 Å². The number of para-hydroxylation sites is 1. The summed E-state index contributed by atoms with van der Waals surface area (Å²) in [6, 6.07) is 15.1. The highest BCUT2D eigenvalue weighted by molar-refractivity contribution is 6.35. The lowest BCUT2D eigenvalue weighted by molar-refractivity contribution is -0.110. The van der Waals surface area contributed by atoms with Crippen molar-refractivity contribution in [3.05, 3.63) is 65.7 Å². The van der Waals surface area contributed by atoms with Gasteiger partial charge in [-0.1, -0.05) is 18.2 Å². The summed E-state index contributed by atoms with van der Waals surface area (Å²) in [7, 11) is 2.13. The molecule has 2 aliphatic rings. The van der Waals surface area contributed by atoms with Crippen molar-refractivity contribution in [1.29, 1.82) is 0 Å². The summed E-state index contributed by atoms with van der Waals surface area (Å²) >= 11 is 0. The number of nitrogens with one attached hydrogen (secondary N) is 1. The number of amides is 1. The van der Waals surface area contributed by atoms with Gasteiger partial charge >= 0.3 is 0 Å². The number of piperazine rings is 1. The van der Waals surface area contributed by atoms with Gasteiger partial charge in [0, 0.05) is 48.7 Å². The van der Waals surface area contributed by atoms with E-state index in [1.165, 1.54) is 6.08 Å². The van der Waals surface area contributed by atoms with Gasteiger partial charge in [0.2, 0.25) is 0 Å². The molecule has 5 heteroatoms. The van der Waals surface area contributed by atoms with Crippen LogP contribution in [0.5, 0.6) is 0 Å². The Hall–Kier alpha value is -2.92. The average Bonchev–Trinajstić information content (AvgIpc) is 2.98. The van der Waals surface area contributed by atoms with Crippen molar-refractivity contribution in [2.45, 2.75) is 0 Å². The summed E-state index contributed by atoms with van der Waals surface area (Å²) in [6.45, 7) is 4.07. The van der Waals surface area contributed by atoms with Crippen LogP contribution in [0.4, 0.5) is 11.4 Å². The third-order valence-corrected chi connectivity index (χ3v) is 5.01. The maximum absolute atomic E-state index is 12.6. The van der Waals surface area contributed by atoms with Crippen molar-refractivity contribution in [3.63, 3.8) is 0 Å². The first-order chi connectivity index (χ1) is 12.6. The molecule has 2 aliphatic heterocycles. The lowest BCUT2D eigenvalue weighted by atomic mass is 10.0. The summed E-state index contributed by atoms with van der Waals surface area (Å²) < 4.78 is 0. The summed E-state index contributed by atoms with van der Waals surface area (Å²) in [5.41, 5.74) is 3.68. The fraction of sp³-hybridized carbons (Fsp3) is 0.238. The fourth-order valence-corrected chi connectivity index (χ4v) is 3.40. The van der Waals surface area contributed by atoms with E-state index in [2.05, 4.69) is 22.2 Å². The monoisotopic (exact) mass is 347 g/mol. The highest BCUT2D eigenvalue weighted by Gasteiger charge is 2.24. The number of hydrogen-bond acceptors (Lipinski definition) is 4. The lowest BCUT2D eigenvalue weighted by Crippen LogP contribution is -2.44. The zero-order valence-corrected chi connectivity index (χ0v) is 14.7. The predicted octanol–water partition coefficient (Wildman–Crippen LogP) is 2.66. The number of nitrogens with zero attached hydrogens (tertiary/aromatic N) is 2. The van der Waals surface area contributed by atoms with E-state index < -0.39 is 0 Å². The van der Waals surface area contributed by atoms with E-state index in [4.69, 9.17) is 0 Å². The molecule has 2 aromatic rings. The highest BCUT2D eigenvalue weighted by atomic mass is 16.2. The first-order valence-corrected chi connectivity index (χ1v) is 8.82. The molecule has 1 N–H and O–H groups in total. The smallest absolute Gasteiger partial charge is 0.256 e. The van der Waals surface area contributed by atoms with Crippen LogP contribution in [-0.2, 0) is 4.79 Å². The van der Waals surface area contributed by atoms with Crippen molar-refractivity contribution in [2.75, 3.05) is 43.4 Å². The number of benzene rings is 2. The van der Waals surface area contributed by atoms with Crippen LogP contribution in [0.25, 0.3) is 5.57 Å². The van der Waals surface area contributed by atoms with Crippen LogP contribution in [0.15, 0.2) is 54.6 Å². The first-order valence-electron chi connectivity index (χ1n) is 8.82. The number of likely N-dealkylation sites (N-methyl/N-ethyl adjacent to an activating group) is 1. The molecule has 0 saturated carbocycles. The Morgan fingerprint density at radius 2 is 1.69 bits per heavy atom. The predicted molar refractivity (Wildman–Crippen MR) is 104 cm³/mol. The van der Waals surface area contributed by atoms with Crippen LogP contribution in [0.3, 0.4) is 0 Å². The number of carbonyl (C=O) groups excluding carboxylic acids is 2. The van der Waals surface area contributed by atoms with Crippen molar-refractivity contribution in [2.24, 2.45) is 0 Å². The van der Waals surface area contributed by atoms with Crippen LogP contribution in [-0.4, -0.2) is 49.8 Å². The maximum atomic E-state index is 12.6.